The van der Waals surface area contributed by atoms with Gasteiger partial charge in [-0.15, -0.1) is 0 Å². The molecule has 1 aliphatic rings. The lowest BCUT2D eigenvalue weighted by molar-refractivity contribution is 0.0147. The van der Waals surface area contributed by atoms with E-state index in [2.05, 4.69) is 105 Å². The molecule has 0 aromatic heterocycles. The molecule has 0 radical (unpaired) electrons. The van der Waals surface area contributed by atoms with E-state index in [4.69, 9.17) is 4.74 Å². The molecule has 3 aromatic carbocycles. The van der Waals surface area contributed by atoms with Crippen LogP contribution in [0.2, 0.25) is 0 Å². The second-order valence-electron chi connectivity index (χ2n) is 8.40. The van der Waals surface area contributed by atoms with Gasteiger partial charge in [-0.25, -0.2) is 0 Å². The largest absolute Gasteiger partial charge is 0.372 e. The summed E-state index contributed by atoms with van der Waals surface area (Å²) in [5.41, 5.74) is 6.59. The Labute approximate surface area is 175 Å². The zero-order chi connectivity index (χ0) is 20.2. The lowest BCUT2D eigenvalue weighted by atomic mass is 9.83. The average molecular weight is 386 g/mol. The molecular weight excluding hydrogens is 354 g/mol. The number of hydrogen-bond donors (Lipinski definition) is 0. The molecule has 0 saturated carbocycles. The summed E-state index contributed by atoms with van der Waals surface area (Å²) in [6, 6.07) is 28.8. The lowest BCUT2D eigenvalue weighted by Gasteiger charge is -2.34. The van der Waals surface area contributed by atoms with Crippen LogP contribution in [0.15, 0.2) is 78.9 Å². The van der Waals surface area contributed by atoms with Crippen molar-refractivity contribution in [3.8, 4) is 0 Å². The molecule has 2 atom stereocenters. The molecule has 2 unspecified atom stereocenters. The SMILES string of the molecule is Cc1cc(C)cc(COC2CCN(C)C2C(c2ccccc2)c2ccccc2)c1. The van der Waals surface area contributed by atoms with Crippen LogP contribution >= 0.6 is 0 Å². The minimum atomic E-state index is 0.214. The maximum Gasteiger partial charge on any atom is 0.0756 e. The van der Waals surface area contributed by atoms with Crippen LogP contribution in [-0.4, -0.2) is 30.6 Å². The number of aryl methyl sites for hydroxylation is 2. The Hall–Kier alpha value is -2.42. The van der Waals surface area contributed by atoms with Crippen LogP contribution in [0, 0.1) is 13.8 Å². The van der Waals surface area contributed by atoms with E-state index in [0.29, 0.717) is 18.6 Å². The highest BCUT2D eigenvalue weighted by molar-refractivity contribution is 5.35. The van der Waals surface area contributed by atoms with Gasteiger partial charge < -0.3 is 4.74 Å². The minimum Gasteiger partial charge on any atom is -0.372 e. The molecule has 3 aromatic rings. The van der Waals surface area contributed by atoms with Crippen molar-refractivity contribution in [3.05, 3.63) is 107 Å². The number of nitrogens with zero attached hydrogens (tertiary/aromatic N) is 1. The van der Waals surface area contributed by atoms with E-state index in [-0.39, 0.29) is 6.10 Å². The van der Waals surface area contributed by atoms with Crippen molar-refractivity contribution in [1.29, 1.82) is 0 Å². The molecule has 1 heterocycles. The van der Waals surface area contributed by atoms with E-state index in [1.165, 1.54) is 27.8 Å². The van der Waals surface area contributed by atoms with Gasteiger partial charge in [0.15, 0.2) is 0 Å². The molecule has 29 heavy (non-hydrogen) atoms. The van der Waals surface area contributed by atoms with Crippen LogP contribution in [0.1, 0.15) is 40.2 Å². The molecule has 2 nitrogen and oxygen atoms in total. The van der Waals surface area contributed by atoms with Crippen LogP contribution in [0.3, 0.4) is 0 Å². The third kappa shape index (κ3) is 4.60. The summed E-state index contributed by atoms with van der Waals surface area (Å²) in [7, 11) is 2.24. The van der Waals surface area contributed by atoms with Gasteiger partial charge in [0.2, 0.25) is 0 Å². The van der Waals surface area contributed by atoms with Gasteiger partial charge in [0.1, 0.15) is 0 Å². The zero-order valence-corrected chi connectivity index (χ0v) is 17.7. The van der Waals surface area contributed by atoms with E-state index < -0.39 is 0 Å². The third-order valence-electron chi connectivity index (χ3n) is 6.06. The van der Waals surface area contributed by atoms with E-state index in [9.17, 15) is 0 Å². The Morgan fingerprint density at radius 2 is 1.41 bits per heavy atom. The molecule has 4 rings (SSSR count). The highest BCUT2D eigenvalue weighted by atomic mass is 16.5. The first-order valence-electron chi connectivity index (χ1n) is 10.6. The first kappa shape index (κ1) is 19.9. The second-order valence-corrected chi connectivity index (χ2v) is 8.40. The van der Waals surface area contributed by atoms with E-state index in [1.807, 2.05) is 0 Å². The summed E-state index contributed by atoms with van der Waals surface area (Å²) in [6.45, 7) is 6.05. The molecule has 0 amide bonds. The predicted molar refractivity (Wildman–Crippen MR) is 120 cm³/mol. The number of likely N-dealkylation sites (N-methyl/N-ethyl adjacent to an activating group) is 1. The average Bonchev–Trinajstić information content (AvgIpc) is 3.08. The van der Waals surface area contributed by atoms with Gasteiger partial charge in [-0.05, 0) is 44.0 Å². The summed E-state index contributed by atoms with van der Waals surface area (Å²) in [4.78, 5) is 2.48. The number of likely N-dealkylation sites (tertiary alicyclic amines) is 1. The fourth-order valence-electron chi connectivity index (χ4n) is 4.85. The summed E-state index contributed by atoms with van der Waals surface area (Å²) in [5.74, 6) is 0.300. The molecule has 0 aliphatic carbocycles. The van der Waals surface area contributed by atoms with Gasteiger partial charge in [-0.2, -0.15) is 0 Å². The normalized spacial score (nSPS) is 19.7. The fourth-order valence-corrected chi connectivity index (χ4v) is 4.85. The highest BCUT2D eigenvalue weighted by Crippen LogP contribution is 2.37. The van der Waals surface area contributed by atoms with Crippen LogP contribution in [-0.2, 0) is 11.3 Å². The van der Waals surface area contributed by atoms with Crippen molar-refractivity contribution < 1.29 is 4.74 Å². The van der Waals surface area contributed by atoms with Crippen molar-refractivity contribution in [2.45, 2.75) is 44.9 Å². The molecule has 150 valence electrons. The standard InChI is InChI=1S/C27H31NO/c1-20-16-21(2)18-22(17-20)19-29-25-14-15-28(3)27(25)26(23-10-6-4-7-11-23)24-12-8-5-9-13-24/h4-13,16-18,25-27H,14-15,19H2,1-3H3. The van der Waals surface area contributed by atoms with Gasteiger partial charge in [-0.3, -0.25) is 4.90 Å². The number of hydrogen-bond acceptors (Lipinski definition) is 2. The van der Waals surface area contributed by atoms with Gasteiger partial charge in [0.25, 0.3) is 0 Å². The van der Waals surface area contributed by atoms with Crippen molar-refractivity contribution >= 4 is 0 Å². The Kier molecular flexibility index (Phi) is 6.13. The fraction of sp³-hybridized carbons (Fsp3) is 0.333. The second kappa shape index (κ2) is 8.94. The summed E-state index contributed by atoms with van der Waals surface area (Å²) < 4.78 is 6.56. The molecule has 0 spiro atoms. The summed E-state index contributed by atoms with van der Waals surface area (Å²) in [6.07, 6.45) is 1.29. The first-order valence-corrected chi connectivity index (χ1v) is 10.6. The van der Waals surface area contributed by atoms with Crippen LogP contribution in [0.25, 0.3) is 0 Å². The van der Waals surface area contributed by atoms with E-state index >= 15 is 0 Å². The van der Waals surface area contributed by atoms with E-state index in [0.717, 1.165) is 13.0 Å². The highest BCUT2D eigenvalue weighted by Gasteiger charge is 2.39. The smallest absolute Gasteiger partial charge is 0.0756 e. The zero-order valence-electron chi connectivity index (χ0n) is 17.7. The van der Waals surface area contributed by atoms with Gasteiger partial charge in [0.05, 0.1) is 12.7 Å². The lowest BCUT2D eigenvalue weighted by Crippen LogP contribution is -2.39. The predicted octanol–water partition coefficient (Wildman–Crippen LogP) is 5.72. The number of rotatable bonds is 6. The molecule has 2 heteroatoms. The molecule has 1 fully saturated rings. The summed E-state index contributed by atoms with van der Waals surface area (Å²) in [5, 5.41) is 0. The molecule has 0 N–H and O–H groups in total. The van der Waals surface area contributed by atoms with Crippen LogP contribution in [0.5, 0.6) is 0 Å². The maximum absolute atomic E-state index is 6.56. The van der Waals surface area contributed by atoms with Crippen LogP contribution < -0.4 is 0 Å². The Morgan fingerprint density at radius 3 is 1.97 bits per heavy atom. The number of benzene rings is 3. The maximum atomic E-state index is 6.56. The minimum absolute atomic E-state index is 0.214. The molecule has 1 aliphatic heterocycles. The molecular formula is C27H31NO. The monoisotopic (exact) mass is 385 g/mol. The quantitative estimate of drug-likeness (QED) is 0.538. The Balaban J connectivity index is 1.61. The number of ether oxygens (including phenoxy) is 1. The van der Waals surface area contributed by atoms with Crippen molar-refractivity contribution in [2.75, 3.05) is 13.6 Å². The van der Waals surface area contributed by atoms with Gasteiger partial charge in [0, 0.05) is 18.5 Å². The van der Waals surface area contributed by atoms with Crippen LogP contribution in [0.4, 0.5) is 0 Å². The van der Waals surface area contributed by atoms with Crippen molar-refractivity contribution in [3.63, 3.8) is 0 Å². The molecule has 0 bridgehead atoms. The van der Waals surface area contributed by atoms with Gasteiger partial charge in [-0.1, -0.05) is 90.0 Å². The van der Waals surface area contributed by atoms with E-state index in [1.54, 1.807) is 0 Å². The Bertz CT molecular complexity index is 862. The molecule has 1 saturated heterocycles. The topological polar surface area (TPSA) is 12.5 Å². The Morgan fingerprint density at radius 1 is 0.862 bits per heavy atom. The van der Waals surface area contributed by atoms with Crippen molar-refractivity contribution in [2.24, 2.45) is 0 Å². The van der Waals surface area contributed by atoms with Gasteiger partial charge >= 0.3 is 0 Å². The first-order chi connectivity index (χ1) is 14.1. The third-order valence-corrected chi connectivity index (χ3v) is 6.06. The summed E-state index contributed by atoms with van der Waals surface area (Å²) >= 11 is 0. The van der Waals surface area contributed by atoms with Crippen molar-refractivity contribution in [1.82, 2.24) is 4.90 Å².